The van der Waals surface area contributed by atoms with E-state index in [2.05, 4.69) is 35.5 Å². The van der Waals surface area contributed by atoms with Crippen molar-refractivity contribution < 1.29 is 9.13 Å². The van der Waals surface area contributed by atoms with Crippen LogP contribution in [0.25, 0.3) is 11.1 Å². The van der Waals surface area contributed by atoms with Gasteiger partial charge in [0.2, 0.25) is 0 Å². The van der Waals surface area contributed by atoms with Crippen LogP contribution in [0.1, 0.15) is 31.4 Å². The molecule has 0 radical (unpaired) electrons. The van der Waals surface area contributed by atoms with Crippen molar-refractivity contribution in [1.82, 2.24) is 0 Å². The van der Waals surface area contributed by atoms with Gasteiger partial charge in [-0.3, -0.25) is 4.99 Å². The fourth-order valence-electron chi connectivity index (χ4n) is 3.55. The minimum Gasteiger partial charge on any atom is -0.487 e. The summed E-state index contributed by atoms with van der Waals surface area (Å²) in [6.07, 6.45) is 6.80. The molecule has 1 N–H and O–H groups in total. The first-order valence-corrected chi connectivity index (χ1v) is 10.7. The molecule has 0 spiro atoms. The topological polar surface area (TPSA) is 33.6 Å². The zero-order valence-corrected chi connectivity index (χ0v) is 17.8. The lowest BCUT2D eigenvalue weighted by Gasteiger charge is -2.18. The van der Waals surface area contributed by atoms with E-state index >= 15 is 0 Å². The van der Waals surface area contributed by atoms with Gasteiger partial charge in [0.05, 0.1) is 5.70 Å². The van der Waals surface area contributed by atoms with Crippen LogP contribution in [-0.4, -0.2) is 19.6 Å². The number of anilines is 1. The average molecular weight is 409 g/mol. The van der Waals surface area contributed by atoms with Gasteiger partial charge in [-0.2, -0.15) is 0 Å². The van der Waals surface area contributed by atoms with Crippen LogP contribution in [0, 0.1) is 5.82 Å². The normalized spacial score (nSPS) is 15.6. The number of benzene rings is 2. The number of aliphatic imine (C=N–C) groups is 1. The summed E-state index contributed by atoms with van der Waals surface area (Å²) in [7, 11) is 0. The summed E-state index contributed by atoms with van der Waals surface area (Å²) in [4.78, 5) is 4.23. The number of fused-ring (bicyclic) bond motifs is 1. The highest BCUT2D eigenvalue weighted by Gasteiger charge is 2.24. The van der Waals surface area contributed by atoms with E-state index in [1.54, 1.807) is 18.0 Å². The lowest BCUT2D eigenvalue weighted by Crippen LogP contribution is -1.99. The number of rotatable bonds is 6. The molecule has 1 aliphatic heterocycles. The number of hydrogen-bond acceptors (Lipinski definition) is 4. The lowest BCUT2D eigenvalue weighted by molar-refractivity contribution is 0.349. The van der Waals surface area contributed by atoms with Crippen molar-refractivity contribution in [3.8, 4) is 5.75 Å². The molecule has 3 rings (SSSR count). The minimum absolute atomic E-state index is 0.244. The number of nitrogens with zero attached hydrogens (tertiary/aromatic N) is 1. The van der Waals surface area contributed by atoms with Crippen LogP contribution in [0.3, 0.4) is 0 Å². The smallest absolute Gasteiger partial charge is 0.131 e. The average Bonchev–Trinajstić information content (AvgIpc) is 2.86. The SMILES string of the molecule is C=NC1=C(/C=C\C)/C(=C(\CC)c2cccc(NSC)c2)c2ccc(F)cc2OC1. The molecule has 0 aromatic heterocycles. The molecule has 0 amide bonds. The Kier molecular flexibility index (Phi) is 6.94. The van der Waals surface area contributed by atoms with Gasteiger partial charge in [-0.05, 0) is 61.0 Å². The van der Waals surface area contributed by atoms with E-state index in [1.165, 1.54) is 12.1 Å². The first-order valence-electron chi connectivity index (χ1n) is 9.51. The molecule has 0 unspecified atom stereocenters. The van der Waals surface area contributed by atoms with Gasteiger partial charge < -0.3 is 9.46 Å². The molecule has 0 atom stereocenters. The van der Waals surface area contributed by atoms with Crippen molar-refractivity contribution in [2.75, 3.05) is 17.6 Å². The van der Waals surface area contributed by atoms with Gasteiger partial charge in [0.25, 0.3) is 0 Å². The van der Waals surface area contributed by atoms with Crippen molar-refractivity contribution in [1.29, 1.82) is 0 Å². The molecule has 150 valence electrons. The Morgan fingerprint density at radius 3 is 2.83 bits per heavy atom. The molecular formula is C24H25FN2OS. The predicted molar refractivity (Wildman–Crippen MR) is 124 cm³/mol. The summed E-state index contributed by atoms with van der Waals surface area (Å²) in [6, 6.07) is 13.0. The number of nitrogens with one attached hydrogen (secondary N) is 1. The number of ether oxygens (including phenoxy) is 1. The first kappa shape index (κ1) is 20.9. The van der Waals surface area contributed by atoms with Gasteiger partial charge in [0.1, 0.15) is 18.2 Å². The molecule has 5 heteroatoms. The number of allylic oxidation sites excluding steroid dienone is 5. The molecule has 0 fully saturated rings. The van der Waals surface area contributed by atoms with Crippen LogP contribution in [0.5, 0.6) is 5.75 Å². The van der Waals surface area contributed by atoms with Crippen molar-refractivity contribution in [3.63, 3.8) is 0 Å². The van der Waals surface area contributed by atoms with Crippen molar-refractivity contribution in [2.24, 2.45) is 4.99 Å². The number of hydrogen-bond donors (Lipinski definition) is 1. The maximum Gasteiger partial charge on any atom is 0.131 e. The van der Waals surface area contributed by atoms with E-state index < -0.39 is 0 Å². The standard InChI is InChI=1S/C24H25FN2OS/c1-5-8-20-22(26-3)15-28-23-14-17(25)11-12-21(23)24(20)19(6-2)16-9-7-10-18(13-16)27-29-4/h5,7-14,27H,3,6,15H2,1-2,4H3/b8-5-,24-19-. The molecule has 0 aliphatic carbocycles. The number of halogens is 1. The molecule has 1 heterocycles. The van der Waals surface area contributed by atoms with Crippen LogP contribution >= 0.6 is 11.9 Å². The first-order chi connectivity index (χ1) is 14.1. The highest BCUT2D eigenvalue weighted by molar-refractivity contribution is 7.99. The third kappa shape index (κ3) is 4.46. The molecule has 0 saturated heterocycles. The summed E-state index contributed by atoms with van der Waals surface area (Å²) in [6.45, 7) is 8.08. The van der Waals surface area contributed by atoms with Gasteiger partial charge in [0, 0.05) is 29.1 Å². The van der Waals surface area contributed by atoms with Crippen molar-refractivity contribution in [3.05, 3.63) is 82.8 Å². The molecule has 0 bridgehead atoms. The van der Waals surface area contributed by atoms with Crippen LogP contribution in [0.15, 0.2) is 70.9 Å². The predicted octanol–water partition coefficient (Wildman–Crippen LogP) is 6.76. The van der Waals surface area contributed by atoms with E-state index in [-0.39, 0.29) is 12.4 Å². The summed E-state index contributed by atoms with van der Waals surface area (Å²) < 4.78 is 23.2. The zero-order valence-electron chi connectivity index (χ0n) is 17.0. The fraction of sp³-hybridized carbons (Fsp3) is 0.208. The molecule has 2 aromatic carbocycles. The largest absolute Gasteiger partial charge is 0.487 e. The fourth-order valence-corrected chi connectivity index (χ4v) is 3.91. The summed E-state index contributed by atoms with van der Waals surface area (Å²) in [5.74, 6) is 0.194. The highest BCUT2D eigenvalue weighted by Crippen LogP contribution is 2.43. The molecule has 2 aromatic rings. The van der Waals surface area contributed by atoms with Gasteiger partial charge in [-0.1, -0.05) is 43.2 Å². The van der Waals surface area contributed by atoms with Crippen molar-refractivity contribution in [2.45, 2.75) is 20.3 Å². The Morgan fingerprint density at radius 1 is 1.31 bits per heavy atom. The van der Waals surface area contributed by atoms with E-state index in [9.17, 15) is 4.39 Å². The lowest BCUT2D eigenvalue weighted by atomic mass is 9.86. The molecule has 3 nitrogen and oxygen atoms in total. The Bertz CT molecular complexity index is 1010. The second kappa shape index (κ2) is 9.61. The minimum atomic E-state index is -0.324. The van der Waals surface area contributed by atoms with Gasteiger partial charge >= 0.3 is 0 Å². The van der Waals surface area contributed by atoms with Gasteiger partial charge in [-0.25, -0.2) is 4.39 Å². The van der Waals surface area contributed by atoms with Crippen LogP contribution in [0.2, 0.25) is 0 Å². The zero-order chi connectivity index (χ0) is 20.8. The second-order valence-electron chi connectivity index (χ2n) is 6.54. The Hall–Kier alpha value is -2.79. The Balaban J connectivity index is 2.37. The van der Waals surface area contributed by atoms with Crippen LogP contribution in [0.4, 0.5) is 10.1 Å². The van der Waals surface area contributed by atoms with Crippen molar-refractivity contribution >= 4 is 35.5 Å². The molecule has 1 aliphatic rings. The quantitative estimate of drug-likeness (QED) is 0.423. The third-order valence-corrected chi connectivity index (χ3v) is 5.21. The monoisotopic (exact) mass is 408 g/mol. The second-order valence-corrected chi connectivity index (χ2v) is 7.15. The highest BCUT2D eigenvalue weighted by atomic mass is 32.2. The summed E-state index contributed by atoms with van der Waals surface area (Å²) in [5.41, 5.74) is 6.82. The summed E-state index contributed by atoms with van der Waals surface area (Å²) in [5, 5.41) is 0. The van der Waals surface area contributed by atoms with Crippen LogP contribution < -0.4 is 9.46 Å². The molecular weight excluding hydrogens is 383 g/mol. The summed E-state index contributed by atoms with van der Waals surface area (Å²) >= 11 is 1.55. The molecule has 0 saturated carbocycles. The maximum absolute atomic E-state index is 14.0. The van der Waals surface area contributed by atoms with Gasteiger partial charge in [0.15, 0.2) is 0 Å². The maximum atomic E-state index is 14.0. The van der Waals surface area contributed by atoms with E-state index in [4.69, 9.17) is 4.74 Å². The van der Waals surface area contributed by atoms with E-state index in [0.717, 1.165) is 45.7 Å². The van der Waals surface area contributed by atoms with E-state index in [1.807, 2.05) is 37.5 Å². The Morgan fingerprint density at radius 2 is 2.14 bits per heavy atom. The van der Waals surface area contributed by atoms with Crippen LogP contribution in [-0.2, 0) is 0 Å². The van der Waals surface area contributed by atoms with E-state index in [0.29, 0.717) is 5.75 Å². The third-order valence-electron chi connectivity index (χ3n) is 4.77. The van der Waals surface area contributed by atoms with Gasteiger partial charge in [-0.15, -0.1) is 0 Å². The Labute approximate surface area is 176 Å². The molecule has 29 heavy (non-hydrogen) atoms.